The third-order valence-electron chi connectivity index (χ3n) is 5.48. The van der Waals surface area contributed by atoms with E-state index in [2.05, 4.69) is 10.2 Å². The number of amides is 1. The zero-order valence-corrected chi connectivity index (χ0v) is 16.5. The summed E-state index contributed by atoms with van der Waals surface area (Å²) in [6.45, 7) is 4.58. The van der Waals surface area contributed by atoms with Crippen molar-refractivity contribution >= 4 is 41.0 Å². The Hall–Kier alpha value is -1.61. The highest BCUT2D eigenvalue weighted by Gasteiger charge is 2.59. The molecule has 2 fully saturated rings. The summed E-state index contributed by atoms with van der Waals surface area (Å²) in [5.41, 5.74) is 0.442. The van der Waals surface area contributed by atoms with Gasteiger partial charge in [-0.25, -0.2) is 4.79 Å². The maximum absolute atomic E-state index is 12.9. The van der Waals surface area contributed by atoms with Crippen LogP contribution < -0.4 is 5.32 Å². The number of aliphatic carboxylic acids is 1. The van der Waals surface area contributed by atoms with E-state index in [0.717, 1.165) is 5.57 Å². The number of carbonyl (C=O) groups excluding carboxylic acids is 2. The summed E-state index contributed by atoms with van der Waals surface area (Å²) in [5, 5.41) is 12.9. The Bertz CT molecular complexity index is 834. The molecule has 0 unspecified atom stereocenters. The number of carboxylic acids is 1. The number of β-lactam (4-membered cyclic amide) rings is 1. The molecular formula is C18H20ClN3O4S. The molecule has 4 aliphatic rings. The van der Waals surface area contributed by atoms with Gasteiger partial charge in [-0.15, -0.1) is 11.8 Å². The highest BCUT2D eigenvalue weighted by molar-refractivity contribution is 8.00. The van der Waals surface area contributed by atoms with Gasteiger partial charge in [-0.3, -0.25) is 24.7 Å². The maximum Gasteiger partial charge on any atom is 0.353 e. The Balaban J connectivity index is 1.57. The van der Waals surface area contributed by atoms with Crippen molar-refractivity contribution in [3.8, 4) is 0 Å². The summed E-state index contributed by atoms with van der Waals surface area (Å²) in [5.74, 6) is -0.965. The van der Waals surface area contributed by atoms with Gasteiger partial charge in [-0.05, 0) is 25.5 Å². The lowest BCUT2D eigenvalue weighted by Crippen LogP contribution is -2.73. The van der Waals surface area contributed by atoms with Gasteiger partial charge in [0, 0.05) is 24.8 Å². The van der Waals surface area contributed by atoms with Crippen molar-refractivity contribution in [3.05, 3.63) is 34.5 Å². The van der Waals surface area contributed by atoms with Crippen molar-refractivity contribution in [1.82, 2.24) is 15.1 Å². The quantitative estimate of drug-likeness (QED) is 0.678. The van der Waals surface area contributed by atoms with Crippen molar-refractivity contribution in [2.45, 2.75) is 43.4 Å². The lowest BCUT2D eigenvalue weighted by Gasteiger charge is -2.54. The van der Waals surface area contributed by atoms with Gasteiger partial charge in [0.2, 0.25) is 5.91 Å². The summed E-state index contributed by atoms with van der Waals surface area (Å²) >= 11 is 7.53. The molecule has 3 heterocycles. The van der Waals surface area contributed by atoms with E-state index in [4.69, 9.17) is 11.6 Å². The standard InChI is InChI=1S/C18H20ClN3O4S/c1-18(2)20-12(9-4-3-5-10(23)6-9)7-21(18)14-15(24)22-13(17(25)26)11(19)8-27-16(14)22/h3-5,12,14,16,20H,6-8H2,1-2H3,(H,25,26)/t12-,14+,16+/m0/s1. The van der Waals surface area contributed by atoms with Crippen LogP contribution >= 0.6 is 23.4 Å². The van der Waals surface area contributed by atoms with E-state index in [1.807, 2.05) is 19.9 Å². The number of halogens is 1. The first-order valence-electron chi connectivity index (χ1n) is 8.72. The topological polar surface area (TPSA) is 90.0 Å². The van der Waals surface area contributed by atoms with Crippen LogP contribution in [0.15, 0.2) is 34.5 Å². The fourth-order valence-electron chi connectivity index (χ4n) is 4.20. The van der Waals surface area contributed by atoms with Crippen molar-refractivity contribution in [2.24, 2.45) is 0 Å². The number of nitrogens with one attached hydrogen (secondary N) is 1. The molecule has 0 aromatic rings. The normalized spacial score (nSPS) is 33.1. The van der Waals surface area contributed by atoms with Gasteiger partial charge >= 0.3 is 5.97 Å². The Morgan fingerprint density at radius 2 is 2.15 bits per heavy atom. The number of carboxylic acid groups (broad SMARTS) is 1. The molecule has 3 atom stereocenters. The summed E-state index contributed by atoms with van der Waals surface area (Å²) < 4.78 is 0. The van der Waals surface area contributed by atoms with Gasteiger partial charge in [-0.1, -0.05) is 23.8 Å². The molecule has 0 spiro atoms. The number of thioether (sulfide) groups is 1. The van der Waals surface area contributed by atoms with Gasteiger partial charge in [0.05, 0.1) is 10.7 Å². The molecule has 0 aromatic carbocycles. The number of allylic oxidation sites excluding steroid dienone is 3. The second-order valence-electron chi connectivity index (χ2n) is 7.57. The third-order valence-corrected chi connectivity index (χ3v) is 7.21. The Kier molecular flexibility index (Phi) is 4.50. The first-order valence-corrected chi connectivity index (χ1v) is 10.1. The van der Waals surface area contributed by atoms with Crippen molar-refractivity contribution < 1.29 is 19.5 Å². The molecule has 2 saturated heterocycles. The largest absolute Gasteiger partial charge is 0.477 e. The van der Waals surface area contributed by atoms with Crippen LogP contribution in [0.4, 0.5) is 0 Å². The molecule has 27 heavy (non-hydrogen) atoms. The molecule has 1 aliphatic carbocycles. The Labute approximate surface area is 166 Å². The van der Waals surface area contributed by atoms with E-state index in [1.54, 1.807) is 12.2 Å². The van der Waals surface area contributed by atoms with Crippen molar-refractivity contribution in [3.63, 3.8) is 0 Å². The van der Waals surface area contributed by atoms with Crippen LogP contribution in [0.5, 0.6) is 0 Å². The average Bonchev–Trinajstić information content (AvgIpc) is 2.90. The summed E-state index contributed by atoms with van der Waals surface area (Å²) in [6, 6.07) is -0.445. The number of ketones is 1. The van der Waals surface area contributed by atoms with E-state index in [0.29, 0.717) is 18.7 Å². The fourth-order valence-corrected chi connectivity index (χ4v) is 5.82. The Morgan fingerprint density at radius 1 is 1.41 bits per heavy atom. The minimum atomic E-state index is -1.17. The summed E-state index contributed by atoms with van der Waals surface area (Å²) in [7, 11) is 0. The lowest BCUT2D eigenvalue weighted by molar-refractivity contribution is -0.157. The first-order chi connectivity index (χ1) is 12.7. The number of fused-ring (bicyclic) bond motifs is 1. The van der Waals surface area contributed by atoms with E-state index in [1.165, 1.54) is 16.7 Å². The van der Waals surface area contributed by atoms with E-state index in [9.17, 15) is 19.5 Å². The fraction of sp³-hybridized carbons (Fsp3) is 0.500. The van der Waals surface area contributed by atoms with Crippen LogP contribution in [-0.2, 0) is 14.4 Å². The third kappa shape index (κ3) is 2.95. The van der Waals surface area contributed by atoms with Crippen molar-refractivity contribution in [2.75, 3.05) is 12.3 Å². The van der Waals surface area contributed by atoms with Gasteiger partial charge in [0.25, 0.3) is 0 Å². The highest BCUT2D eigenvalue weighted by Crippen LogP contribution is 2.45. The zero-order chi connectivity index (χ0) is 19.5. The molecule has 4 rings (SSSR count). The van der Waals surface area contributed by atoms with E-state index < -0.39 is 17.7 Å². The van der Waals surface area contributed by atoms with Crippen LogP contribution in [-0.4, -0.2) is 68.0 Å². The molecule has 7 nitrogen and oxygen atoms in total. The molecule has 0 bridgehead atoms. The molecule has 144 valence electrons. The number of nitrogens with zero attached hydrogens (tertiary/aromatic N) is 2. The van der Waals surface area contributed by atoms with E-state index >= 15 is 0 Å². The summed E-state index contributed by atoms with van der Waals surface area (Å²) in [6.07, 6.45) is 5.66. The predicted octanol–water partition coefficient (Wildman–Crippen LogP) is 1.27. The number of rotatable bonds is 3. The van der Waals surface area contributed by atoms with Gasteiger partial charge in [0.1, 0.15) is 17.1 Å². The number of carbonyl (C=O) groups is 3. The number of hydrogen-bond acceptors (Lipinski definition) is 6. The minimum Gasteiger partial charge on any atom is -0.477 e. The minimum absolute atomic E-state index is 0.0255. The molecule has 0 aromatic heterocycles. The number of hydrogen-bond donors (Lipinski definition) is 2. The van der Waals surface area contributed by atoms with Crippen LogP contribution in [0, 0.1) is 0 Å². The van der Waals surface area contributed by atoms with Gasteiger partial charge in [0.15, 0.2) is 5.78 Å². The van der Waals surface area contributed by atoms with Gasteiger partial charge < -0.3 is 5.11 Å². The van der Waals surface area contributed by atoms with Crippen LogP contribution in [0.25, 0.3) is 0 Å². The van der Waals surface area contributed by atoms with Crippen LogP contribution in [0.3, 0.4) is 0 Å². The second-order valence-corrected chi connectivity index (χ2v) is 9.13. The zero-order valence-electron chi connectivity index (χ0n) is 14.9. The van der Waals surface area contributed by atoms with Crippen molar-refractivity contribution in [1.29, 1.82) is 0 Å². The molecule has 0 saturated carbocycles. The molecule has 9 heteroatoms. The lowest BCUT2D eigenvalue weighted by atomic mass is 9.96. The smallest absolute Gasteiger partial charge is 0.353 e. The SMILES string of the molecule is CC1(C)N[C@H](C2=CC=CC(=O)C2)CN1[C@@H]1C(=O)N2C(C(=O)O)=C(Cl)CS[C@H]12. The summed E-state index contributed by atoms with van der Waals surface area (Å²) in [4.78, 5) is 39.5. The molecule has 2 N–H and O–H groups in total. The highest BCUT2D eigenvalue weighted by atomic mass is 35.5. The van der Waals surface area contributed by atoms with E-state index in [-0.39, 0.29) is 33.8 Å². The Morgan fingerprint density at radius 3 is 2.81 bits per heavy atom. The molecule has 0 radical (unpaired) electrons. The monoisotopic (exact) mass is 409 g/mol. The second kappa shape index (κ2) is 6.48. The van der Waals surface area contributed by atoms with Crippen LogP contribution in [0.2, 0.25) is 0 Å². The predicted molar refractivity (Wildman–Crippen MR) is 102 cm³/mol. The molecule has 3 aliphatic heterocycles. The molecule has 1 amide bonds. The maximum atomic E-state index is 12.9. The molecular weight excluding hydrogens is 390 g/mol. The van der Waals surface area contributed by atoms with Crippen LogP contribution in [0.1, 0.15) is 20.3 Å². The first kappa shape index (κ1) is 18.7. The van der Waals surface area contributed by atoms with Gasteiger partial charge in [-0.2, -0.15) is 0 Å². The average molecular weight is 410 g/mol.